The molecule has 0 aliphatic rings. The Morgan fingerprint density at radius 2 is 1.74 bits per heavy atom. The second-order valence-corrected chi connectivity index (χ2v) is 4.16. The molecule has 0 spiro atoms. The van der Waals surface area contributed by atoms with Gasteiger partial charge >= 0.3 is 5.97 Å². The van der Waals surface area contributed by atoms with E-state index in [1.54, 1.807) is 18.3 Å². The fourth-order valence-corrected chi connectivity index (χ4v) is 1.52. The van der Waals surface area contributed by atoms with Crippen LogP contribution in [0.2, 0.25) is 0 Å². The minimum Gasteiger partial charge on any atom is -0.478 e. The van der Waals surface area contributed by atoms with Crippen LogP contribution in [-0.2, 0) is 0 Å². The number of carbonyl (C=O) groups is 1. The molecule has 96 valence electrons. The molecule has 0 aromatic heterocycles. The molecular weight excluding hydrogens is 240 g/mol. The number of rotatable bonds is 4. The SMILES string of the molecule is Cc1ccc(/C=N/Nc2ccc(C(=O)O)cc2)cc1. The van der Waals surface area contributed by atoms with Crippen molar-refractivity contribution in [1.82, 2.24) is 0 Å². The second-order valence-electron chi connectivity index (χ2n) is 4.16. The molecule has 0 radical (unpaired) electrons. The van der Waals surface area contributed by atoms with Crippen LogP contribution in [0.1, 0.15) is 21.5 Å². The first kappa shape index (κ1) is 12.8. The van der Waals surface area contributed by atoms with Crippen LogP contribution in [0.3, 0.4) is 0 Å². The molecule has 4 heteroatoms. The maximum atomic E-state index is 10.7. The maximum absolute atomic E-state index is 10.7. The van der Waals surface area contributed by atoms with E-state index in [-0.39, 0.29) is 5.56 Å². The average molecular weight is 254 g/mol. The van der Waals surface area contributed by atoms with E-state index >= 15 is 0 Å². The third-order valence-electron chi connectivity index (χ3n) is 2.62. The number of hydrazone groups is 1. The van der Waals surface area contributed by atoms with Gasteiger partial charge in [-0.1, -0.05) is 29.8 Å². The molecule has 0 fully saturated rings. The van der Waals surface area contributed by atoms with Crippen LogP contribution in [0.25, 0.3) is 0 Å². The van der Waals surface area contributed by atoms with Crippen molar-refractivity contribution >= 4 is 17.9 Å². The lowest BCUT2D eigenvalue weighted by Gasteiger charge is -2.00. The van der Waals surface area contributed by atoms with Gasteiger partial charge < -0.3 is 5.11 Å². The van der Waals surface area contributed by atoms with Gasteiger partial charge in [-0.25, -0.2) is 4.79 Å². The van der Waals surface area contributed by atoms with Crippen LogP contribution in [0, 0.1) is 6.92 Å². The molecule has 2 N–H and O–H groups in total. The van der Waals surface area contributed by atoms with Gasteiger partial charge in [-0.2, -0.15) is 5.10 Å². The van der Waals surface area contributed by atoms with Crippen molar-refractivity contribution in [3.63, 3.8) is 0 Å². The first-order valence-corrected chi connectivity index (χ1v) is 5.84. The van der Waals surface area contributed by atoms with Crippen molar-refractivity contribution in [3.05, 3.63) is 65.2 Å². The number of aromatic carboxylic acids is 1. The zero-order valence-corrected chi connectivity index (χ0v) is 10.5. The van der Waals surface area contributed by atoms with Gasteiger partial charge in [-0.3, -0.25) is 5.43 Å². The Bertz CT molecular complexity index is 587. The zero-order chi connectivity index (χ0) is 13.7. The average Bonchev–Trinajstić information content (AvgIpc) is 2.41. The molecule has 0 amide bonds. The third kappa shape index (κ3) is 3.67. The standard InChI is InChI=1S/C15H14N2O2/c1-11-2-4-12(5-3-11)10-16-17-14-8-6-13(7-9-14)15(18)19/h2-10,17H,1H3,(H,18,19)/b16-10+. The molecular formula is C15H14N2O2. The van der Waals surface area contributed by atoms with Gasteiger partial charge in [0.05, 0.1) is 17.5 Å². The van der Waals surface area contributed by atoms with Gasteiger partial charge in [0.1, 0.15) is 0 Å². The highest BCUT2D eigenvalue weighted by Crippen LogP contribution is 2.09. The van der Waals surface area contributed by atoms with E-state index in [2.05, 4.69) is 10.5 Å². The van der Waals surface area contributed by atoms with Crippen LogP contribution in [0.4, 0.5) is 5.69 Å². The van der Waals surface area contributed by atoms with Gasteiger partial charge in [0.2, 0.25) is 0 Å². The molecule has 0 aliphatic carbocycles. The van der Waals surface area contributed by atoms with Crippen LogP contribution in [0.15, 0.2) is 53.6 Å². The minimum absolute atomic E-state index is 0.257. The quantitative estimate of drug-likeness (QED) is 0.651. The molecule has 0 saturated heterocycles. The molecule has 0 atom stereocenters. The van der Waals surface area contributed by atoms with Crippen LogP contribution < -0.4 is 5.43 Å². The molecule has 0 heterocycles. The number of carboxylic acids is 1. The Kier molecular flexibility index (Phi) is 3.93. The maximum Gasteiger partial charge on any atom is 0.335 e. The molecule has 2 rings (SSSR count). The summed E-state index contributed by atoms with van der Waals surface area (Å²) in [6.07, 6.45) is 1.71. The molecule has 2 aromatic rings. The highest BCUT2D eigenvalue weighted by atomic mass is 16.4. The smallest absolute Gasteiger partial charge is 0.335 e. The van der Waals surface area contributed by atoms with Crippen LogP contribution in [0.5, 0.6) is 0 Å². The third-order valence-corrected chi connectivity index (χ3v) is 2.62. The first-order valence-electron chi connectivity index (χ1n) is 5.84. The molecule has 0 bridgehead atoms. The number of nitrogens with one attached hydrogen (secondary N) is 1. The molecule has 0 aliphatic heterocycles. The fraction of sp³-hybridized carbons (Fsp3) is 0.0667. The summed E-state index contributed by atoms with van der Waals surface area (Å²) in [4.78, 5) is 10.7. The summed E-state index contributed by atoms with van der Waals surface area (Å²) in [6.45, 7) is 2.03. The van der Waals surface area contributed by atoms with Crippen molar-refractivity contribution in [3.8, 4) is 0 Å². The molecule has 0 saturated carbocycles. The summed E-state index contributed by atoms with van der Waals surface area (Å²) in [7, 11) is 0. The van der Waals surface area contributed by atoms with Gasteiger partial charge in [0.15, 0.2) is 0 Å². The Morgan fingerprint density at radius 3 is 2.32 bits per heavy atom. The predicted molar refractivity (Wildman–Crippen MR) is 75.8 cm³/mol. The Balaban J connectivity index is 1.98. The zero-order valence-electron chi connectivity index (χ0n) is 10.5. The molecule has 4 nitrogen and oxygen atoms in total. The Hall–Kier alpha value is -2.62. The Labute approximate surface area is 111 Å². The topological polar surface area (TPSA) is 61.7 Å². The van der Waals surface area contributed by atoms with Crippen molar-refractivity contribution in [2.24, 2.45) is 5.10 Å². The lowest BCUT2D eigenvalue weighted by atomic mass is 10.2. The van der Waals surface area contributed by atoms with E-state index in [1.807, 2.05) is 31.2 Å². The van der Waals surface area contributed by atoms with Crippen molar-refractivity contribution < 1.29 is 9.90 Å². The van der Waals surface area contributed by atoms with Crippen molar-refractivity contribution in [1.29, 1.82) is 0 Å². The monoisotopic (exact) mass is 254 g/mol. The van der Waals surface area contributed by atoms with Gasteiger partial charge in [-0.05, 0) is 36.8 Å². The number of benzene rings is 2. The van der Waals surface area contributed by atoms with E-state index in [9.17, 15) is 4.79 Å². The second kappa shape index (κ2) is 5.82. The number of carboxylic acid groups (broad SMARTS) is 1. The summed E-state index contributed by atoms with van der Waals surface area (Å²) in [5.74, 6) is -0.935. The largest absolute Gasteiger partial charge is 0.478 e. The van der Waals surface area contributed by atoms with Gasteiger partial charge in [-0.15, -0.1) is 0 Å². The number of nitrogens with zero attached hydrogens (tertiary/aromatic N) is 1. The summed E-state index contributed by atoms with van der Waals surface area (Å²) < 4.78 is 0. The van der Waals surface area contributed by atoms with E-state index < -0.39 is 5.97 Å². The normalized spacial score (nSPS) is 10.6. The Morgan fingerprint density at radius 1 is 1.11 bits per heavy atom. The lowest BCUT2D eigenvalue weighted by molar-refractivity contribution is 0.0697. The minimum atomic E-state index is -0.935. The summed E-state index contributed by atoms with van der Waals surface area (Å²) >= 11 is 0. The number of hydrogen-bond acceptors (Lipinski definition) is 3. The number of aryl methyl sites for hydroxylation is 1. The first-order chi connectivity index (χ1) is 9.15. The highest BCUT2D eigenvalue weighted by Gasteiger charge is 2.00. The van der Waals surface area contributed by atoms with Crippen LogP contribution >= 0.6 is 0 Å². The lowest BCUT2D eigenvalue weighted by Crippen LogP contribution is -1.96. The van der Waals surface area contributed by atoms with E-state index in [0.717, 1.165) is 11.3 Å². The van der Waals surface area contributed by atoms with E-state index in [0.29, 0.717) is 0 Å². The summed E-state index contributed by atoms with van der Waals surface area (Å²) in [5, 5.41) is 12.9. The van der Waals surface area contributed by atoms with E-state index in [1.165, 1.54) is 17.7 Å². The van der Waals surface area contributed by atoms with Gasteiger partial charge in [0.25, 0.3) is 0 Å². The molecule has 0 unspecified atom stereocenters. The number of anilines is 1. The highest BCUT2D eigenvalue weighted by molar-refractivity contribution is 5.88. The molecule has 2 aromatic carbocycles. The van der Waals surface area contributed by atoms with E-state index in [4.69, 9.17) is 5.11 Å². The van der Waals surface area contributed by atoms with Crippen molar-refractivity contribution in [2.75, 3.05) is 5.43 Å². The predicted octanol–water partition coefficient (Wildman–Crippen LogP) is 3.14. The summed E-state index contributed by atoms with van der Waals surface area (Å²) in [5.41, 5.74) is 6.06. The molecule has 19 heavy (non-hydrogen) atoms. The van der Waals surface area contributed by atoms with Crippen LogP contribution in [-0.4, -0.2) is 17.3 Å². The summed E-state index contributed by atoms with van der Waals surface area (Å²) in [6, 6.07) is 14.4. The fourth-order valence-electron chi connectivity index (χ4n) is 1.52. The van der Waals surface area contributed by atoms with Crippen molar-refractivity contribution in [2.45, 2.75) is 6.92 Å². The number of hydrogen-bond donors (Lipinski definition) is 2. The van der Waals surface area contributed by atoms with Gasteiger partial charge in [0, 0.05) is 0 Å².